The largest absolute Gasteiger partial charge is 0.467 e. The molecule has 1 saturated heterocycles. The number of likely N-dealkylation sites (tertiary alicyclic amines) is 1. The fourth-order valence-electron chi connectivity index (χ4n) is 4.72. The first-order valence-electron chi connectivity index (χ1n) is 11.1. The fraction of sp³-hybridized carbons (Fsp3) is 0.609. The summed E-state index contributed by atoms with van der Waals surface area (Å²) in [7, 11) is 0. The Kier molecular flexibility index (Phi) is 5.97. The summed E-state index contributed by atoms with van der Waals surface area (Å²) in [6, 6.07) is 5.76. The molecule has 1 aromatic rings. The molecule has 7 nitrogen and oxygen atoms in total. The van der Waals surface area contributed by atoms with Gasteiger partial charge in [-0.05, 0) is 31.9 Å². The minimum atomic E-state index is -0.901. The summed E-state index contributed by atoms with van der Waals surface area (Å²) in [5.74, 6) is 0.208. The van der Waals surface area contributed by atoms with Crippen molar-refractivity contribution in [2.75, 3.05) is 13.1 Å². The molecular formula is C23H31N3O4. The molecule has 4 rings (SSSR count). The molecule has 3 amide bonds. The second-order valence-electron chi connectivity index (χ2n) is 8.87. The lowest BCUT2D eigenvalue weighted by atomic mass is 9.99. The van der Waals surface area contributed by atoms with Crippen molar-refractivity contribution in [3.05, 3.63) is 29.3 Å². The van der Waals surface area contributed by atoms with Crippen molar-refractivity contribution in [1.29, 1.82) is 0 Å². The number of carbonyl (C=O) groups excluding carboxylic acids is 3. The van der Waals surface area contributed by atoms with E-state index in [2.05, 4.69) is 10.6 Å². The number of rotatable bonds is 3. The lowest BCUT2D eigenvalue weighted by Crippen LogP contribution is -2.56. The normalized spacial score (nSPS) is 25.0. The van der Waals surface area contributed by atoms with Crippen LogP contribution < -0.4 is 15.4 Å². The molecule has 7 heteroatoms. The number of nitrogens with zero attached hydrogens (tertiary/aromatic N) is 1. The summed E-state index contributed by atoms with van der Waals surface area (Å²) >= 11 is 0. The quantitative estimate of drug-likeness (QED) is 0.746. The van der Waals surface area contributed by atoms with Crippen LogP contribution in [0.25, 0.3) is 0 Å². The van der Waals surface area contributed by atoms with Crippen LogP contribution in [-0.4, -0.2) is 47.5 Å². The molecule has 2 heterocycles. The molecule has 1 aromatic carbocycles. The van der Waals surface area contributed by atoms with Gasteiger partial charge >= 0.3 is 0 Å². The number of nitrogens with one attached hydrogen (secondary N) is 2. The van der Waals surface area contributed by atoms with Crippen molar-refractivity contribution < 1.29 is 19.1 Å². The van der Waals surface area contributed by atoms with Gasteiger partial charge in [0, 0.05) is 31.8 Å². The first-order valence-corrected chi connectivity index (χ1v) is 11.1. The smallest absolute Gasteiger partial charge is 0.258 e. The Morgan fingerprint density at radius 1 is 1.20 bits per heavy atom. The van der Waals surface area contributed by atoms with Gasteiger partial charge in [-0.25, -0.2) is 0 Å². The fourth-order valence-corrected chi connectivity index (χ4v) is 4.72. The van der Waals surface area contributed by atoms with E-state index in [0.717, 1.165) is 31.2 Å². The van der Waals surface area contributed by atoms with E-state index in [4.69, 9.17) is 4.74 Å². The number of hydrogen-bond acceptors (Lipinski definition) is 4. The van der Waals surface area contributed by atoms with Crippen molar-refractivity contribution in [1.82, 2.24) is 15.5 Å². The number of hydrogen-bond donors (Lipinski definition) is 2. The zero-order valence-electron chi connectivity index (χ0n) is 17.7. The Labute approximate surface area is 177 Å². The van der Waals surface area contributed by atoms with E-state index in [-0.39, 0.29) is 36.7 Å². The van der Waals surface area contributed by atoms with Gasteiger partial charge in [0.1, 0.15) is 5.75 Å². The highest BCUT2D eigenvalue weighted by atomic mass is 16.5. The maximum atomic E-state index is 12.7. The number of benzene rings is 1. The van der Waals surface area contributed by atoms with Crippen LogP contribution in [0.5, 0.6) is 5.75 Å². The van der Waals surface area contributed by atoms with Crippen LogP contribution in [0.3, 0.4) is 0 Å². The summed E-state index contributed by atoms with van der Waals surface area (Å²) in [5.41, 5.74) is 0.614. The molecule has 2 fully saturated rings. The van der Waals surface area contributed by atoms with Crippen LogP contribution in [0.1, 0.15) is 73.7 Å². The summed E-state index contributed by atoms with van der Waals surface area (Å²) in [5, 5.41) is 6.09. The number of aryl methyl sites for hydroxylation is 1. The molecule has 2 N–H and O–H groups in total. The molecule has 3 aliphatic rings. The Hall–Kier alpha value is -2.57. The van der Waals surface area contributed by atoms with E-state index in [1.54, 1.807) is 4.90 Å². The molecule has 30 heavy (non-hydrogen) atoms. The maximum Gasteiger partial charge on any atom is 0.258 e. The van der Waals surface area contributed by atoms with E-state index < -0.39 is 5.72 Å². The molecule has 1 saturated carbocycles. The SMILES string of the molecule is Cc1ccc2c(c1)C(=O)N[C@@]1(CCC(=O)N(CC(=O)NC3CCCCCC3)CC1)O2. The van der Waals surface area contributed by atoms with Crippen LogP contribution in [0.15, 0.2) is 18.2 Å². The predicted molar refractivity (Wildman–Crippen MR) is 112 cm³/mol. The lowest BCUT2D eigenvalue weighted by Gasteiger charge is -2.38. The zero-order valence-corrected chi connectivity index (χ0v) is 17.7. The molecule has 0 radical (unpaired) electrons. The minimum Gasteiger partial charge on any atom is -0.467 e. The molecule has 1 aliphatic carbocycles. The van der Waals surface area contributed by atoms with Gasteiger partial charge in [0.05, 0.1) is 12.1 Å². The molecule has 1 spiro atoms. The van der Waals surface area contributed by atoms with Crippen molar-refractivity contribution in [3.63, 3.8) is 0 Å². The number of amides is 3. The van der Waals surface area contributed by atoms with Crippen LogP contribution in [0.4, 0.5) is 0 Å². The van der Waals surface area contributed by atoms with Gasteiger partial charge in [0.15, 0.2) is 5.72 Å². The average molecular weight is 414 g/mol. The third-order valence-electron chi connectivity index (χ3n) is 6.46. The van der Waals surface area contributed by atoms with Crippen LogP contribution in [0.2, 0.25) is 0 Å². The van der Waals surface area contributed by atoms with Crippen LogP contribution >= 0.6 is 0 Å². The van der Waals surface area contributed by atoms with Gasteiger partial charge in [-0.3, -0.25) is 14.4 Å². The molecule has 0 aromatic heterocycles. The van der Waals surface area contributed by atoms with Gasteiger partial charge < -0.3 is 20.3 Å². The second-order valence-corrected chi connectivity index (χ2v) is 8.87. The highest BCUT2D eigenvalue weighted by Crippen LogP contribution is 2.34. The number of ether oxygens (including phenoxy) is 1. The first-order chi connectivity index (χ1) is 14.4. The topological polar surface area (TPSA) is 87.7 Å². The summed E-state index contributed by atoms with van der Waals surface area (Å²) in [4.78, 5) is 39.5. The first kappa shape index (κ1) is 20.7. The predicted octanol–water partition coefficient (Wildman–Crippen LogP) is 2.67. The number of fused-ring (bicyclic) bond motifs is 1. The van der Waals surface area contributed by atoms with Crippen molar-refractivity contribution in [2.24, 2.45) is 0 Å². The Balaban J connectivity index is 1.39. The third-order valence-corrected chi connectivity index (χ3v) is 6.46. The zero-order chi connectivity index (χ0) is 21.1. The minimum absolute atomic E-state index is 0.0646. The molecule has 0 unspecified atom stereocenters. The summed E-state index contributed by atoms with van der Waals surface area (Å²) < 4.78 is 6.19. The van der Waals surface area contributed by atoms with Crippen molar-refractivity contribution in [3.8, 4) is 5.75 Å². The Bertz CT molecular complexity index is 832. The van der Waals surface area contributed by atoms with Crippen molar-refractivity contribution >= 4 is 17.7 Å². The molecule has 1 atom stereocenters. The van der Waals surface area contributed by atoms with Crippen LogP contribution in [0, 0.1) is 6.92 Å². The molecular weight excluding hydrogens is 382 g/mol. The number of carbonyl (C=O) groups is 3. The molecule has 2 aliphatic heterocycles. The Morgan fingerprint density at radius 3 is 2.73 bits per heavy atom. The van der Waals surface area contributed by atoms with E-state index in [1.807, 2.05) is 25.1 Å². The third kappa shape index (κ3) is 4.60. The average Bonchev–Trinajstić information content (AvgIpc) is 3.05. The van der Waals surface area contributed by atoms with E-state index in [9.17, 15) is 14.4 Å². The highest BCUT2D eigenvalue weighted by molar-refractivity contribution is 5.98. The van der Waals surface area contributed by atoms with Gasteiger partial charge in [-0.1, -0.05) is 37.3 Å². The lowest BCUT2D eigenvalue weighted by molar-refractivity contribution is -0.135. The van der Waals surface area contributed by atoms with Gasteiger partial charge in [-0.15, -0.1) is 0 Å². The standard InChI is InChI=1S/C23H31N3O4/c1-16-8-9-19-18(14-16)22(29)25-23(30-19)11-10-21(28)26(13-12-23)15-20(27)24-17-6-4-2-3-5-7-17/h8-9,14,17H,2-7,10-13,15H2,1H3,(H,24,27)(H,25,29)/t23-/m0/s1. The summed E-state index contributed by atoms with van der Waals surface area (Å²) in [6.07, 6.45) is 7.87. The van der Waals surface area contributed by atoms with Gasteiger partial charge in [0.25, 0.3) is 5.91 Å². The maximum absolute atomic E-state index is 12.7. The van der Waals surface area contributed by atoms with Crippen molar-refractivity contribution in [2.45, 2.75) is 76.5 Å². The van der Waals surface area contributed by atoms with Crippen LogP contribution in [-0.2, 0) is 9.59 Å². The highest BCUT2D eigenvalue weighted by Gasteiger charge is 2.42. The Morgan fingerprint density at radius 2 is 1.97 bits per heavy atom. The van der Waals surface area contributed by atoms with E-state index in [1.165, 1.54) is 12.8 Å². The van der Waals surface area contributed by atoms with Gasteiger partial charge in [-0.2, -0.15) is 0 Å². The second kappa shape index (κ2) is 8.66. The van der Waals surface area contributed by atoms with Gasteiger partial charge in [0.2, 0.25) is 11.8 Å². The summed E-state index contributed by atoms with van der Waals surface area (Å²) in [6.45, 7) is 2.37. The molecule has 0 bridgehead atoms. The molecule has 162 valence electrons. The van der Waals surface area contributed by atoms with E-state index in [0.29, 0.717) is 30.7 Å². The monoisotopic (exact) mass is 413 g/mol. The van der Waals surface area contributed by atoms with E-state index >= 15 is 0 Å².